The van der Waals surface area contributed by atoms with Crippen LogP contribution in [0.15, 0.2) is 73.3 Å². The lowest BCUT2D eigenvalue weighted by molar-refractivity contribution is -0.200. The molecule has 2 unspecified atom stereocenters. The van der Waals surface area contributed by atoms with E-state index in [-0.39, 0.29) is 16.8 Å². The minimum absolute atomic E-state index is 0.261. The first-order chi connectivity index (χ1) is 18.8. The Morgan fingerprint density at radius 1 is 0.925 bits per heavy atom. The van der Waals surface area contributed by atoms with Crippen LogP contribution < -0.4 is 16.1 Å². The summed E-state index contributed by atoms with van der Waals surface area (Å²) >= 11 is 0. The maximum atomic E-state index is 13.6. The lowest BCUT2D eigenvalue weighted by atomic mass is 9.96. The number of nitrogens with two attached hydrogens (primary N) is 1. The van der Waals surface area contributed by atoms with Crippen molar-refractivity contribution in [3.63, 3.8) is 0 Å². The van der Waals surface area contributed by atoms with Crippen LogP contribution in [-0.2, 0) is 19.7 Å². The van der Waals surface area contributed by atoms with Gasteiger partial charge in [-0.25, -0.2) is 15.0 Å². The summed E-state index contributed by atoms with van der Waals surface area (Å²) in [6.07, 6.45) is 2.82. The highest BCUT2D eigenvalue weighted by atomic mass is 28.4. The van der Waals surface area contributed by atoms with Crippen LogP contribution in [-0.4, -0.2) is 39.9 Å². The highest BCUT2D eigenvalue weighted by molar-refractivity contribution is 6.99. The van der Waals surface area contributed by atoms with Crippen LogP contribution in [0.25, 0.3) is 11.2 Å². The van der Waals surface area contributed by atoms with Crippen molar-refractivity contribution in [1.82, 2.24) is 19.5 Å². The smallest absolute Gasteiger partial charge is 0.313 e. The van der Waals surface area contributed by atoms with Crippen LogP contribution in [0.2, 0.25) is 5.04 Å². The van der Waals surface area contributed by atoms with Crippen molar-refractivity contribution in [2.75, 3.05) is 5.73 Å². The fourth-order valence-electron chi connectivity index (χ4n) is 5.35. The number of hydrogen-bond acceptors (Lipinski definition) is 7. The number of imidazole rings is 1. The molecule has 8 nitrogen and oxygen atoms in total. The van der Waals surface area contributed by atoms with Crippen molar-refractivity contribution in [3.05, 3.63) is 73.3 Å². The molecule has 0 aliphatic heterocycles. The molecule has 0 fully saturated rings. The topological polar surface area (TPSA) is 105 Å². The number of nitrogens with zero attached hydrogens (tertiary/aromatic N) is 4. The zero-order chi connectivity index (χ0) is 29.3. The third kappa shape index (κ3) is 5.04. The number of anilines is 1. The molecule has 0 saturated heterocycles. The number of ether oxygens (including phenoxy) is 1. The molecule has 4 rings (SSSR count). The van der Waals surface area contributed by atoms with Gasteiger partial charge in [-0.05, 0) is 43.1 Å². The van der Waals surface area contributed by atoms with Crippen LogP contribution in [0, 0.1) is 5.41 Å². The van der Waals surface area contributed by atoms with Gasteiger partial charge in [0.2, 0.25) is 5.72 Å². The van der Waals surface area contributed by atoms with Gasteiger partial charge >= 0.3 is 5.97 Å². The number of rotatable bonds is 8. The van der Waals surface area contributed by atoms with E-state index in [0.29, 0.717) is 17.6 Å². The first kappa shape index (κ1) is 29.4. The molecule has 40 heavy (non-hydrogen) atoms. The standard InChI is InChI=1S/C31H41N5O3Si/c1-9-31(38-28(37)29(3,4)5,36-21-35-25-26(32)33-20-34-27(25)36)22(2)39-40(30(6,7)8,23-16-12-10-13-17-23)24-18-14-11-15-19-24/h10-22H,9H2,1-8H3,(H2,32,33,34). The van der Waals surface area contributed by atoms with Crippen molar-refractivity contribution in [2.45, 2.75) is 78.7 Å². The maximum absolute atomic E-state index is 13.6. The molecule has 0 aliphatic carbocycles. The predicted octanol–water partition coefficient (Wildman–Crippen LogP) is 5.03. The summed E-state index contributed by atoms with van der Waals surface area (Å²) in [7, 11) is -3.01. The molecule has 0 amide bonds. The van der Waals surface area contributed by atoms with Gasteiger partial charge in [0.25, 0.3) is 8.32 Å². The van der Waals surface area contributed by atoms with Crippen LogP contribution in [0.5, 0.6) is 0 Å². The second-order valence-electron chi connectivity index (χ2n) is 12.3. The minimum Gasteiger partial charge on any atom is -0.435 e. The van der Waals surface area contributed by atoms with Gasteiger partial charge in [0, 0.05) is 6.42 Å². The Morgan fingerprint density at radius 3 is 1.95 bits per heavy atom. The molecule has 4 aromatic rings. The molecule has 9 heteroatoms. The zero-order valence-electron chi connectivity index (χ0n) is 24.8. The van der Waals surface area contributed by atoms with E-state index in [0.717, 1.165) is 10.4 Å². The molecule has 2 heterocycles. The summed E-state index contributed by atoms with van der Waals surface area (Å²) in [5.74, 6) is -0.0902. The Kier molecular flexibility index (Phi) is 7.93. The highest BCUT2D eigenvalue weighted by Gasteiger charge is 2.55. The van der Waals surface area contributed by atoms with Crippen molar-refractivity contribution >= 4 is 41.6 Å². The normalized spacial score (nSPS) is 15.0. The van der Waals surface area contributed by atoms with Crippen LogP contribution in [0.3, 0.4) is 0 Å². The van der Waals surface area contributed by atoms with Gasteiger partial charge in [-0.2, -0.15) is 0 Å². The number of carbonyl (C=O) groups is 1. The van der Waals surface area contributed by atoms with E-state index in [1.54, 1.807) is 10.9 Å². The second kappa shape index (κ2) is 10.8. The summed E-state index contributed by atoms with van der Waals surface area (Å²) in [4.78, 5) is 26.7. The molecule has 2 aromatic carbocycles. The summed E-state index contributed by atoms with van der Waals surface area (Å²) in [5, 5.41) is 1.99. The van der Waals surface area contributed by atoms with Crippen molar-refractivity contribution in [1.29, 1.82) is 0 Å². The minimum atomic E-state index is -3.01. The third-order valence-electron chi connectivity index (χ3n) is 7.56. The van der Waals surface area contributed by atoms with Crippen LogP contribution in [0.1, 0.15) is 61.8 Å². The van der Waals surface area contributed by atoms with E-state index in [2.05, 4.69) is 84.3 Å². The van der Waals surface area contributed by atoms with E-state index in [1.165, 1.54) is 6.33 Å². The van der Waals surface area contributed by atoms with Gasteiger partial charge in [-0.15, -0.1) is 0 Å². The Balaban J connectivity index is 1.99. The fraction of sp³-hybridized carbons (Fsp3) is 0.419. The molecular weight excluding hydrogens is 518 g/mol. The molecule has 0 saturated carbocycles. The van der Waals surface area contributed by atoms with Crippen molar-refractivity contribution in [3.8, 4) is 0 Å². The molecule has 2 atom stereocenters. The Labute approximate surface area is 238 Å². The molecule has 0 aliphatic rings. The molecule has 0 radical (unpaired) electrons. The molecule has 0 bridgehead atoms. The third-order valence-corrected chi connectivity index (χ3v) is 12.7. The van der Waals surface area contributed by atoms with E-state index in [9.17, 15) is 4.79 Å². The number of hydrogen-bond donors (Lipinski definition) is 1. The van der Waals surface area contributed by atoms with Crippen LogP contribution >= 0.6 is 0 Å². The van der Waals surface area contributed by atoms with Gasteiger partial charge in [0.15, 0.2) is 11.5 Å². The number of carbonyl (C=O) groups excluding carboxylic acids is 1. The summed E-state index contributed by atoms with van der Waals surface area (Å²) in [6.45, 7) is 16.2. The molecule has 0 spiro atoms. The van der Waals surface area contributed by atoms with Gasteiger partial charge < -0.3 is 14.9 Å². The zero-order valence-corrected chi connectivity index (χ0v) is 25.8. The van der Waals surface area contributed by atoms with Gasteiger partial charge in [-0.3, -0.25) is 9.36 Å². The number of esters is 1. The molecular formula is C31H41N5O3Si. The number of benzene rings is 2. The monoisotopic (exact) mass is 559 g/mol. The van der Waals surface area contributed by atoms with E-state index >= 15 is 0 Å². The van der Waals surface area contributed by atoms with Gasteiger partial charge in [0.1, 0.15) is 24.3 Å². The first-order valence-corrected chi connectivity index (χ1v) is 15.6. The number of aromatic nitrogens is 4. The summed E-state index contributed by atoms with van der Waals surface area (Å²) in [6, 6.07) is 20.8. The molecule has 2 N–H and O–H groups in total. The fourth-order valence-corrected chi connectivity index (χ4v) is 10.1. The number of fused-ring (bicyclic) bond motifs is 1. The average molecular weight is 560 g/mol. The lowest BCUT2D eigenvalue weighted by Gasteiger charge is -2.49. The molecule has 2 aromatic heterocycles. The maximum Gasteiger partial charge on any atom is 0.313 e. The summed E-state index contributed by atoms with van der Waals surface area (Å²) in [5.41, 5.74) is 5.06. The van der Waals surface area contributed by atoms with E-state index < -0.39 is 25.6 Å². The predicted molar refractivity (Wildman–Crippen MR) is 162 cm³/mol. The largest absolute Gasteiger partial charge is 0.435 e. The Hall–Kier alpha value is -3.56. The Bertz CT molecular complexity index is 1420. The SMILES string of the molecule is CCC(OC(=O)C(C)(C)C)(C(C)O[Si](c1ccccc1)(c1ccccc1)C(C)(C)C)n1cnc2c(N)ncnc21. The van der Waals surface area contributed by atoms with E-state index in [1.807, 2.05) is 46.8 Å². The highest BCUT2D eigenvalue weighted by Crippen LogP contribution is 2.42. The summed E-state index contributed by atoms with van der Waals surface area (Å²) < 4.78 is 15.8. The van der Waals surface area contributed by atoms with Crippen molar-refractivity contribution in [2.24, 2.45) is 5.41 Å². The number of nitrogen functional groups attached to an aromatic ring is 1. The lowest BCUT2D eigenvalue weighted by Crippen LogP contribution is -2.69. The second-order valence-corrected chi connectivity index (χ2v) is 16.6. The first-order valence-electron chi connectivity index (χ1n) is 13.7. The average Bonchev–Trinajstić information content (AvgIpc) is 3.36. The van der Waals surface area contributed by atoms with Gasteiger partial charge in [0.05, 0.1) is 5.41 Å². The van der Waals surface area contributed by atoms with Gasteiger partial charge in [-0.1, -0.05) is 88.4 Å². The quantitative estimate of drug-likeness (QED) is 0.239. The molecule has 212 valence electrons. The van der Waals surface area contributed by atoms with E-state index in [4.69, 9.17) is 14.9 Å². The van der Waals surface area contributed by atoms with Crippen LogP contribution in [0.4, 0.5) is 5.82 Å². The Morgan fingerprint density at radius 2 is 1.48 bits per heavy atom. The van der Waals surface area contributed by atoms with Crippen molar-refractivity contribution < 1.29 is 14.0 Å².